The third-order valence-corrected chi connectivity index (χ3v) is 4.00. The van der Waals surface area contributed by atoms with Crippen molar-refractivity contribution >= 4 is 33.5 Å². The second kappa shape index (κ2) is 7.29. The number of carbonyl (C=O) groups excluding carboxylic acids is 1. The molecule has 1 fully saturated rings. The Balaban J connectivity index is 2.11. The highest BCUT2D eigenvalue weighted by Gasteiger charge is 2.46. The van der Waals surface area contributed by atoms with Gasteiger partial charge in [0.2, 0.25) is 0 Å². The molecule has 2 rings (SSSR count). The number of rotatable bonds is 3. The van der Waals surface area contributed by atoms with Crippen LogP contribution in [-0.2, 0) is 4.74 Å². The lowest BCUT2D eigenvalue weighted by molar-refractivity contribution is -0.384. The molecule has 1 N–H and O–H groups in total. The number of nitrogens with one attached hydrogen (secondary N) is 1. The number of anilines is 1. The number of halogens is 3. The number of carbonyl (C=O) groups is 1. The maximum atomic E-state index is 14.5. The summed E-state index contributed by atoms with van der Waals surface area (Å²) in [5, 5.41) is 13.1. The molecular weight excluding hydrogens is 418 g/mol. The Labute approximate surface area is 157 Å². The summed E-state index contributed by atoms with van der Waals surface area (Å²) in [5.74, 6) is -3.19. The molecule has 1 atom stereocenters. The summed E-state index contributed by atoms with van der Waals surface area (Å²) in [6, 6.07) is 0.941. The van der Waals surface area contributed by atoms with Crippen LogP contribution in [0, 0.1) is 10.1 Å². The normalized spacial score (nSPS) is 19.8. The van der Waals surface area contributed by atoms with E-state index < -0.39 is 35.1 Å². The Hall–Kier alpha value is -2.04. The average molecular weight is 437 g/mol. The van der Waals surface area contributed by atoms with Gasteiger partial charge in [-0.1, -0.05) is 0 Å². The van der Waals surface area contributed by atoms with Crippen LogP contribution in [0.4, 0.5) is 25.1 Å². The van der Waals surface area contributed by atoms with Gasteiger partial charge in [0.25, 0.3) is 11.6 Å². The van der Waals surface area contributed by atoms with Gasteiger partial charge in [0.1, 0.15) is 16.0 Å². The second-order valence-corrected chi connectivity index (χ2v) is 7.75. The number of nitrogens with zero attached hydrogens (tertiary/aromatic N) is 3. The Kier molecular flexibility index (Phi) is 5.69. The summed E-state index contributed by atoms with van der Waals surface area (Å²) in [6.45, 7) is 4.34. The zero-order chi connectivity index (χ0) is 19.7. The quantitative estimate of drug-likeness (QED) is 0.442. The maximum Gasteiger partial charge on any atom is 0.408 e. The van der Waals surface area contributed by atoms with Crippen LogP contribution in [0.1, 0.15) is 27.2 Å². The van der Waals surface area contributed by atoms with E-state index >= 15 is 0 Å². The Morgan fingerprint density at radius 1 is 1.50 bits per heavy atom. The van der Waals surface area contributed by atoms with Crippen molar-refractivity contribution in [2.75, 3.05) is 18.0 Å². The lowest BCUT2D eigenvalue weighted by Gasteiger charge is -2.39. The van der Waals surface area contributed by atoms with Gasteiger partial charge in [0.05, 0.1) is 23.6 Å². The molecule has 26 heavy (non-hydrogen) atoms. The van der Waals surface area contributed by atoms with E-state index in [1.807, 2.05) is 0 Å². The van der Waals surface area contributed by atoms with Crippen molar-refractivity contribution in [1.29, 1.82) is 0 Å². The minimum Gasteiger partial charge on any atom is -0.444 e. The van der Waals surface area contributed by atoms with E-state index in [4.69, 9.17) is 4.74 Å². The second-order valence-electron chi connectivity index (χ2n) is 6.93. The molecular formula is C15H19BrF2N4O4. The highest BCUT2D eigenvalue weighted by molar-refractivity contribution is 9.10. The largest absolute Gasteiger partial charge is 0.444 e. The van der Waals surface area contributed by atoms with Gasteiger partial charge in [-0.2, -0.15) is 0 Å². The lowest BCUT2D eigenvalue weighted by atomic mass is 10.0. The number of hydrogen-bond donors (Lipinski definition) is 1. The molecule has 0 saturated carbocycles. The fraction of sp³-hybridized carbons (Fsp3) is 0.600. The first kappa shape index (κ1) is 20.3. The molecule has 1 aliphatic heterocycles. The van der Waals surface area contributed by atoms with Gasteiger partial charge >= 0.3 is 6.09 Å². The van der Waals surface area contributed by atoms with E-state index in [1.165, 1.54) is 11.0 Å². The van der Waals surface area contributed by atoms with Crippen LogP contribution in [0.2, 0.25) is 0 Å². The summed E-state index contributed by atoms with van der Waals surface area (Å²) >= 11 is 3.05. The van der Waals surface area contributed by atoms with E-state index in [1.54, 1.807) is 20.8 Å². The third kappa shape index (κ3) is 5.23. The molecule has 0 aromatic carbocycles. The van der Waals surface area contributed by atoms with E-state index in [0.717, 1.165) is 6.07 Å². The molecule has 1 amide bonds. The van der Waals surface area contributed by atoms with Gasteiger partial charge in [-0.25, -0.2) is 18.6 Å². The standard InChI is InChI=1S/C15H19BrF2N4O4/c1-14(2,3)26-13(23)19-10-4-5-21(8-15(10,17)18)12-7-9(22(24)25)6-11(16)20-12/h6-7,10H,4-5,8H2,1-3H3,(H,19,23). The number of aromatic nitrogens is 1. The molecule has 11 heteroatoms. The lowest BCUT2D eigenvalue weighted by Crippen LogP contribution is -2.59. The predicted molar refractivity (Wildman–Crippen MR) is 93.5 cm³/mol. The smallest absolute Gasteiger partial charge is 0.408 e. The predicted octanol–water partition coefficient (Wildman–Crippen LogP) is 3.49. The number of amides is 1. The highest BCUT2D eigenvalue weighted by atomic mass is 79.9. The van der Waals surface area contributed by atoms with E-state index in [0.29, 0.717) is 0 Å². The SMILES string of the molecule is CC(C)(C)OC(=O)NC1CCN(c2cc([N+](=O)[O-])cc(Br)n2)CC1(F)F. The van der Waals surface area contributed by atoms with E-state index in [-0.39, 0.29) is 29.1 Å². The maximum absolute atomic E-state index is 14.5. The topological polar surface area (TPSA) is 97.6 Å². The molecule has 144 valence electrons. The van der Waals surface area contributed by atoms with E-state index in [2.05, 4.69) is 26.2 Å². The number of alkyl halides is 2. The van der Waals surface area contributed by atoms with Gasteiger partial charge < -0.3 is 15.0 Å². The molecule has 1 saturated heterocycles. The van der Waals surface area contributed by atoms with Crippen molar-refractivity contribution < 1.29 is 23.2 Å². The molecule has 2 heterocycles. The molecule has 1 unspecified atom stereocenters. The van der Waals surface area contributed by atoms with Gasteiger partial charge in [-0.3, -0.25) is 10.1 Å². The Bertz CT molecular complexity index is 711. The zero-order valence-corrected chi connectivity index (χ0v) is 16.0. The first-order valence-electron chi connectivity index (χ1n) is 7.82. The minimum absolute atomic E-state index is 0.0613. The van der Waals surface area contributed by atoms with Gasteiger partial charge in [-0.15, -0.1) is 0 Å². The number of alkyl carbamates (subject to hydrolysis) is 1. The molecule has 0 bridgehead atoms. The first-order valence-corrected chi connectivity index (χ1v) is 8.61. The van der Waals surface area contributed by atoms with Crippen molar-refractivity contribution in [3.8, 4) is 0 Å². The summed E-state index contributed by atoms with van der Waals surface area (Å²) in [6.07, 6.45) is -0.972. The highest BCUT2D eigenvalue weighted by Crippen LogP contribution is 2.32. The number of hydrogen-bond acceptors (Lipinski definition) is 6. The molecule has 8 nitrogen and oxygen atoms in total. The molecule has 0 spiro atoms. The fourth-order valence-electron chi connectivity index (χ4n) is 2.50. The average Bonchev–Trinajstić information content (AvgIpc) is 2.46. The number of pyridine rings is 1. The minimum atomic E-state index is -3.26. The van der Waals surface area contributed by atoms with Gasteiger partial charge in [0.15, 0.2) is 0 Å². The van der Waals surface area contributed by atoms with Crippen LogP contribution in [0.15, 0.2) is 16.7 Å². The van der Waals surface area contributed by atoms with Crippen molar-refractivity contribution in [3.63, 3.8) is 0 Å². The van der Waals surface area contributed by atoms with Crippen molar-refractivity contribution in [2.24, 2.45) is 0 Å². The van der Waals surface area contributed by atoms with Crippen molar-refractivity contribution in [1.82, 2.24) is 10.3 Å². The summed E-state index contributed by atoms with van der Waals surface area (Å²) < 4.78 is 34.1. The summed E-state index contributed by atoms with van der Waals surface area (Å²) in [7, 11) is 0. The number of nitro groups is 1. The van der Waals surface area contributed by atoms with Gasteiger partial charge in [0, 0.05) is 12.6 Å². The first-order chi connectivity index (χ1) is 11.9. The van der Waals surface area contributed by atoms with Gasteiger partial charge in [-0.05, 0) is 43.1 Å². The Morgan fingerprint density at radius 2 is 2.15 bits per heavy atom. The van der Waals surface area contributed by atoms with Crippen molar-refractivity contribution in [3.05, 3.63) is 26.9 Å². The Morgan fingerprint density at radius 3 is 2.69 bits per heavy atom. The fourth-order valence-corrected chi connectivity index (χ4v) is 2.92. The molecule has 1 aromatic heterocycles. The third-order valence-electron chi connectivity index (χ3n) is 3.59. The van der Waals surface area contributed by atoms with Crippen molar-refractivity contribution in [2.45, 2.75) is 44.8 Å². The van der Waals surface area contributed by atoms with Crippen LogP contribution in [0.5, 0.6) is 0 Å². The molecule has 0 radical (unpaired) electrons. The van der Waals surface area contributed by atoms with Crippen LogP contribution >= 0.6 is 15.9 Å². The van der Waals surface area contributed by atoms with Crippen LogP contribution in [0.3, 0.4) is 0 Å². The van der Waals surface area contributed by atoms with E-state index in [9.17, 15) is 23.7 Å². The van der Waals surface area contributed by atoms with Crippen LogP contribution < -0.4 is 10.2 Å². The van der Waals surface area contributed by atoms with Crippen LogP contribution in [0.25, 0.3) is 0 Å². The van der Waals surface area contributed by atoms with Crippen LogP contribution in [-0.4, -0.2) is 46.7 Å². The molecule has 1 aromatic rings. The number of ether oxygens (including phenoxy) is 1. The monoisotopic (exact) mass is 436 g/mol. The summed E-state index contributed by atoms with van der Waals surface area (Å²) in [5.41, 5.74) is -1.04. The molecule has 1 aliphatic rings. The zero-order valence-electron chi connectivity index (χ0n) is 14.5. The summed E-state index contributed by atoms with van der Waals surface area (Å²) in [4.78, 5) is 27.4. The molecule has 0 aliphatic carbocycles. The number of piperidine rings is 1.